The van der Waals surface area contributed by atoms with Gasteiger partial charge in [-0.3, -0.25) is 14.2 Å². The van der Waals surface area contributed by atoms with Gasteiger partial charge in [0.2, 0.25) is 0 Å². The fourth-order valence-corrected chi connectivity index (χ4v) is 4.64. The quantitative estimate of drug-likeness (QED) is 0.571. The predicted molar refractivity (Wildman–Crippen MR) is 100 cm³/mol. The molecule has 5 nitrogen and oxygen atoms in total. The van der Waals surface area contributed by atoms with Gasteiger partial charge in [-0.05, 0) is 42.4 Å². The summed E-state index contributed by atoms with van der Waals surface area (Å²) in [5.41, 5.74) is 0.882. The van der Waals surface area contributed by atoms with Gasteiger partial charge in [0.15, 0.2) is 11.6 Å². The van der Waals surface area contributed by atoms with Crippen molar-refractivity contribution in [2.75, 3.05) is 7.11 Å². The second kappa shape index (κ2) is 7.88. The number of carbonyl (C=O) groups excluding carboxylic acids is 1. The van der Waals surface area contributed by atoms with Gasteiger partial charge in [0.05, 0.1) is 28.1 Å². The lowest BCUT2D eigenvalue weighted by atomic mass is 10.1. The Morgan fingerprint density at radius 2 is 2.04 bits per heavy atom. The average Bonchev–Trinajstić information content (AvgIpc) is 3.16. The van der Waals surface area contributed by atoms with Gasteiger partial charge in [-0.25, -0.2) is 4.39 Å². The molecule has 0 aliphatic carbocycles. The molecule has 0 bridgehead atoms. The van der Waals surface area contributed by atoms with Crippen molar-refractivity contribution >= 4 is 45.9 Å². The first-order valence-electron chi connectivity index (χ1n) is 7.91. The minimum atomic E-state index is -2.61. The van der Waals surface area contributed by atoms with E-state index < -0.39 is 23.5 Å². The highest BCUT2D eigenvalue weighted by Crippen LogP contribution is 2.35. The number of methoxy groups -OCH3 is 1. The molecule has 0 amide bonds. The Morgan fingerprint density at radius 1 is 1.32 bits per heavy atom. The van der Waals surface area contributed by atoms with Gasteiger partial charge in [-0.1, -0.05) is 0 Å². The summed E-state index contributed by atoms with van der Waals surface area (Å²) < 4.78 is 45.8. The van der Waals surface area contributed by atoms with Crippen LogP contribution in [0.5, 0.6) is 5.75 Å². The number of ether oxygens (including phenoxy) is 1. The Labute approximate surface area is 165 Å². The summed E-state index contributed by atoms with van der Waals surface area (Å²) >= 11 is 1.22. The van der Waals surface area contributed by atoms with Crippen molar-refractivity contribution in [3.05, 3.63) is 46.2 Å². The third kappa shape index (κ3) is 3.74. The van der Waals surface area contributed by atoms with Crippen LogP contribution in [0.4, 0.5) is 13.2 Å². The first-order valence-corrected chi connectivity index (χ1v) is 9.61. The van der Waals surface area contributed by atoms with Crippen LogP contribution in [-0.4, -0.2) is 34.4 Å². The van der Waals surface area contributed by atoms with E-state index in [0.29, 0.717) is 28.4 Å². The zero-order valence-electron chi connectivity index (χ0n) is 14.7. The third-order valence-electron chi connectivity index (χ3n) is 4.14. The van der Waals surface area contributed by atoms with Crippen LogP contribution in [0.2, 0.25) is 0 Å². The van der Waals surface area contributed by atoms with Crippen LogP contribution in [0.25, 0.3) is 10.9 Å². The maximum atomic E-state index is 14.3. The van der Waals surface area contributed by atoms with Crippen LogP contribution < -0.4 is 4.74 Å². The Morgan fingerprint density at radius 3 is 2.64 bits per heavy atom. The minimum Gasteiger partial charge on any atom is -0.494 e. The molecule has 0 atom stereocenters. The van der Waals surface area contributed by atoms with Crippen LogP contribution >= 0.6 is 23.1 Å². The molecule has 0 saturated carbocycles. The molecule has 0 saturated heterocycles. The first-order chi connectivity index (χ1) is 13.2. The zero-order valence-corrected chi connectivity index (χ0v) is 16.3. The Balaban J connectivity index is 2.18. The number of hydrogen-bond acceptors (Lipinski definition) is 5. The molecular formula is C18H14F3NO4S2. The van der Waals surface area contributed by atoms with Crippen LogP contribution in [0, 0.1) is 12.7 Å². The Bertz CT molecular complexity index is 1070. The van der Waals surface area contributed by atoms with E-state index in [4.69, 9.17) is 4.74 Å². The Hall–Kier alpha value is -2.46. The summed E-state index contributed by atoms with van der Waals surface area (Å²) in [4.78, 5) is 24.5. The number of carboxylic acids is 1. The number of aromatic nitrogens is 1. The number of fused-ring (bicyclic) bond motifs is 1. The number of rotatable bonds is 6. The normalized spacial score (nSPS) is 11.4. The molecule has 1 N–H and O–H groups in total. The van der Waals surface area contributed by atoms with E-state index in [1.165, 1.54) is 29.9 Å². The molecule has 3 aromatic rings. The van der Waals surface area contributed by atoms with Crippen LogP contribution in [0.1, 0.15) is 20.9 Å². The van der Waals surface area contributed by atoms with Gasteiger partial charge in [0, 0.05) is 17.1 Å². The molecule has 0 aliphatic rings. The number of nitrogens with zero attached hydrogens (tertiary/aromatic N) is 1. The van der Waals surface area contributed by atoms with Crippen LogP contribution in [0.3, 0.4) is 0 Å². The zero-order chi connectivity index (χ0) is 20.6. The van der Waals surface area contributed by atoms with Gasteiger partial charge in [-0.2, -0.15) is 8.78 Å². The number of benzene rings is 1. The molecule has 0 unspecified atom stereocenters. The number of thioether (sulfide) groups is 1. The standard InChI is InChI=1S/C18H14F3NO4S2/c1-8-9(6-15(23)24)10-5-13(26-2)11(19)7-12(10)22(8)17(25)14-3-4-16(27-14)28-18(20)21/h3-5,7,18H,6H2,1-2H3,(H,23,24). The second-order valence-electron chi connectivity index (χ2n) is 5.78. The average molecular weight is 429 g/mol. The first kappa shape index (κ1) is 20.3. The molecule has 10 heteroatoms. The summed E-state index contributed by atoms with van der Waals surface area (Å²) in [6, 6.07) is 5.29. The maximum Gasteiger partial charge on any atom is 0.307 e. The highest BCUT2D eigenvalue weighted by atomic mass is 32.2. The Kier molecular flexibility index (Phi) is 5.71. The van der Waals surface area contributed by atoms with Crippen LogP contribution in [0.15, 0.2) is 28.5 Å². The molecule has 148 valence electrons. The number of thiophene rings is 1. The van der Waals surface area contributed by atoms with Crippen molar-refractivity contribution in [3.63, 3.8) is 0 Å². The minimum absolute atomic E-state index is 0.0736. The SMILES string of the molecule is COc1cc2c(CC(=O)O)c(C)n(C(=O)c3ccc(SC(F)F)s3)c2cc1F. The molecule has 0 fully saturated rings. The molecule has 0 aliphatic heterocycles. The fourth-order valence-electron chi connectivity index (χ4n) is 2.97. The number of hydrogen-bond donors (Lipinski definition) is 1. The number of carbonyl (C=O) groups is 2. The van der Waals surface area contributed by atoms with E-state index in [9.17, 15) is 27.9 Å². The second-order valence-corrected chi connectivity index (χ2v) is 8.15. The lowest BCUT2D eigenvalue weighted by Crippen LogP contribution is -2.13. The van der Waals surface area contributed by atoms with Crippen molar-refractivity contribution in [1.82, 2.24) is 4.57 Å². The van der Waals surface area contributed by atoms with E-state index in [0.717, 1.165) is 17.4 Å². The number of carboxylic acid groups (broad SMARTS) is 1. The lowest BCUT2D eigenvalue weighted by Gasteiger charge is -2.07. The fraction of sp³-hybridized carbons (Fsp3) is 0.222. The van der Waals surface area contributed by atoms with Crippen LogP contribution in [-0.2, 0) is 11.2 Å². The summed E-state index contributed by atoms with van der Waals surface area (Å²) in [6.45, 7) is 1.56. The molecule has 2 aromatic heterocycles. The maximum absolute atomic E-state index is 14.3. The smallest absolute Gasteiger partial charge is 0.307 e. The lowest BCUT2D eigenvalue weighted by molar-refractivity contribution is -0.136. The third-order valence-corrected chi connectivity index (χ3v) is 6.09. The summed E-state index contributed by atoms with van der Waals surface area (Å²) in [5, 5.41) is 9.59. The van der Waals surface area contributed by atoms with Crippen molar-refractivity contribution in [3.8, 4) is 5.75 Å². The largest absolute Gasteiger partial charge is 0.494 e. The number of alkyl halides is 2. The molecule has 28 heavy (non-hydrogen) atoms. The van der Waals surface area contributed by atoms with E-state index in [2.05, 4.69) is 0 Å². The van der Waals surface area contributed by atoms with Gasteiger partial charge in [-0.15, -0.1) is 11.3 Å². The number of aliphatic carboxylic acids is 1. The molecule has 1 aromatic carbocycles. The molecule has 2 heterocycles. The van der Waals surface area contributed by atoms with Gasteiger partial charge < -0.3 is 9.84 Å². The van der Waals surface area contributed by atoms with Gasteiger partial charge >= 0.3 is 5.97 Å². The summed E-state index contributed by atoms with van der Waals surface area (Å²) in [5.74, 6) is -5.04. The highest BCUT2D eigenvalue weighted by molar-refractivity contribution is 8.01. The van der Waals surface area contributed by atoms with Crippen molar-refractivity contribution in [2.24, 2.45) is 0 Å². The molecule has 3 rings (SSSR count). The van der Waals surface area contributed by atoms with Crippen molar-refractivity contribution < 1.29 is 32.6 Å². The van der Waals surface area contributed by atoms with Gasteiger partial charge in [0.1, 0.15) is 0 Å². The topological polar surface area (TPSA) is 68.5 Å². The number of halogens is 3. The van der Waals surface area contributed by atoms with E-state index >= 15 is 0 Å². The van der Waals surface area contributed by atoms with Crippen molar-refractivity contribution in [1.29, 1.82) is 0 Å². The van der Waals surface area contributed by atoms with E-state index in [1.54, 1.807) is 6.92 Å². The molecule has 0 radical (unpaired) electrons. The molecular weight excluding hydrogens is 415 g/mol. The predicted octanol–water partition coefficient (Wildman–Crippen LogP) is 4.79. The highest BCUT2D eigenvalue weighted by Gasteiger charge is 2.24. The summed E-state index contributed by atoms with van der Waals surface area (Å²) in [6.07, 6.45) is -0.367. The van der Waals surface area contributed by atoms with Crippen molar-refractivity contribution in [2.45, 2.75) is 23.3 Å². The van der Waals surface area contributed by atoms with E-state index in [1.807, 2.05) is 0 Å². The van der Waals surface area contributed by atoms with E-state index in [-0.39, 0.29) is 26.8 Å². The van der Waals surface area contributed by atoms with Gasteiger partial charge in [0.25, 0.3) is 11.7 Å². The monoisotopic (exact) mass is 429 g/mol. The summed E-state index contributed by atoms with van der Waals surface area (Å²) in [7, 11) is 1.28. The molecule has 0 spiro atoms.